The molecular formula is C12H17ClN2O. The van der Waals surface area contributed by atoms with Crippen LogP contribution in [-0.4, -0.2) is 11.4 Å². The average molecular weight is 241 g/mol. The molecule has 88 valence electrons. The molecule has 3 nitrogen and oxygen atoms in total. The molecule has 0 aliphatic rings. The monoisotopic (exact) mass is 240 g/mol. The van der Waals surface area contributed by atoms with Crippen LogP contribution in [0.3, 0.4) is 0 Å². The molecular weight excluding hydrogens is 224 g/mol. The Kier molecular flexibility index (Phi) is 3.94. The first kappa shape index (κ1) is 13.0. The van der Waals surface area contributed by atoms with E-state index in [4.69, 9.17) is 17.3 Å². The average Bonchev–Trinajstić information content (AvgIpc) is 2.20. The number of carbonyl (C=O) groups is 1. The molecule has 0 saturated heterocycles. The fourth-order valence-corrected chi connectivity index (χ4v) is 1.36. The summed E-state index contributed by atoms with van der Waals surface area (Å²) < 4.78 is 0. The molecule has 0 bridgehead atoms. The smallest absolute Gasteiger partial charge is 0.237 e. The van der Waals surface area contributed by atoms with Gasteiger partial charge >= 0.3 is 0 Å². The number of nitrogens with one attached hydrogen (secondary N) is 1. The number of benzene rings is 1. The molecule has 1 amide bonds. The van der Waals surface area contributed by atoms with E-state index in [9.17, 15) is 4.79 Å². The first-order valence-corrected chi connectivity index (χ1v) is 5.50. The highest BCUT2D eigenvalue weighted by Crippen LogP contribution is 2.17. The number of aryl methyl sites for hydroxylation is 1. The van der Waals surface area contributed by atoms with Gasteiger partial charge in [-0.15, -0.1) is 0 Å². The predicted octanol–water partition coefficient (Wildman–Crippen LogP) is 2.00. The van der Waals surface area contributed by atoms with Crippen molar-refractivity contribution in [3.63, 3.8) is 0 Å². The van der Waals surface area contributed by atoms with Gasteiger partial charge in [0.05, 0.1) is 5.54 Å². The van der Waals surface area contributed by atoms with E-state index in [0.717, 1.165) is 16.1 Å². The van der Waals surface area contributed by atoms with Crippen molar-refractivity contribution in [1.29, 1.82) is 0 Å². The Morgan fingerprint density at radius 2 is 2.12 bits per heavy atom. The molecule has 0 aliphatic heterocycles. The fourth-order valence-electron chi connectivity index (χ4n) is 1.16. The molecule has 0 aliphatic carbocycles. The van der Waals surface area contributed by atoms with Crippen molar-refractivity contribution in [2.75, 3.05) is 0 Å². The van der Waals surface area contributed by atoms with Crippen LogP contribution >= 0.6 is 11.6 Å². The van der Waals surface area contributed by atoms with E-state index >= 15 is 0 Å². The largest absolute Gasteiger partial charge is 0.368 e. The van der Waals surface area contributed by atoms with Crippen molar-refractivity contribution in [1.82, 2.24) is 5.32 Å². The van der Waals surface area contributed by atoms with E-state index in [-0.39, 0.29) is 5.91 Å². The first-order chi connectivity index (χ1) is 7.33. The van der Waals surface area contributed by atoms with Gasteiger partial charge in [0.1, 0.15) is 0 Å². The molecule has 0 heterocycles. The van der Waals surface area contributed by atoms with Crippen LogP contribution in [0.5, 0.6) is 0 Å². The Morgan fingerprint density at radius 3 is 2.62 bits per heavy atom. The maximum Gasteiger partial charge on any atom is 0.237 e. The summed E-state index contributed by atoms with van der Waals surface area (Å²) in [5.74, 6) is -0.370. The molecule has 0 aromatic heterocycles. The second kappa shape index (κ2) is 4.85. The molecule has 3 N–H and O–H groups in total. The summed E-state index contributed by atoms with van der Waals surface area (Å²) in [7, 11) is 0. The van der Waals surface area contributed by atoms with Crippen molar-refractivity contribution >= 4 is 17.5 Å². The summed E-state index contributed by atoms with van der Waals surface area (Å²) in [6.45, 7) is 6.03. The maximum atomic E-state index is 11.1. The zero-order valence-electron chi connectivity index (χ0n) is 9.80. The number of nitrogens with two attached hydrogens (primary N) is 1. The van der Waals surface area contributed by atoms with Crippen LogP contribution in [0.15, 0.2) is 18.2 Å². The zero-order chi connectivity index (χ0) is 12.3. The first-order valence-electron chi connectivity index (χ1n) is 5.13. The molecule has 0 radical (unpaired) electrons. The van der Waals surface area contributed by atoms with E-state index in [1.165, 1.54) is 0 Å². The van der Waals surface area contributed by atoms with Crippen LogP contribution in [0, 0.1) is 6.92 Å². The molecule has 0 atom stereocenters. The van der Waals surface area contributed by atoms with Crippen LogP contribution < -0.4 is 11.1 Å². The summed E-state index contributed by atoms with van der Waals surface area (Å²) in [6, 6.07) is 5.82. The highest BCUT2D eigenvalue weighted by atomic mass is 35.5. The van der Waals surface area contributed by atoms with Crippen molar-refractivity contribution in [2.24, 2.45) is 5.73 Å². The van der Waals surface area contributed by atoms with Crippen molar-refractivity contribution in [2.45, 2.75) is 32.9 Å². The van der Waals surface area contributed by atoms with Gasteiger partial charge in [-0.05, 0) is 38.0 Å². The van der Waals surface area contributed by atoms with Crippen LogP contribution in [0.2, 0.25) is 5.02 Å². The summed E-state index contributed by atoms with van der Waals surface area (Å²) in [6.07, 6.45) is 0. The maximum absolute atomic E-state index is 11.1. The van der Waals surface area contributed by atoms with Crippen molar-refractivity contribution in [3.05, 3.63) is 34.3 Å². The van der Waals surface area contributed by atoms with E-state index < -0.39 is 5.54 Å². The number of primary amides is 1. The van der Waals surface area contributed by atoms with Crippen molar-refractivity contribution < 1.29 is 4.79 Å². The summed E-state index contributed by atoms with van der Waals surface area (Å²) in [5.41, 5.74) is 6.62. The van der Waals surface area contributed by atoms with Crippen LogP contribution in [0.25, 0.3) is 0 Å². The van der Waals surface area contributed by atoms with Gasteiger partial charge in [0, 0.05) is 11.6 Å². The lowest BCUT2D eigenvalue weighted by Gasteiger charge is -2.22. The van der Waals surface area contributed by atoms with E-state index in [2.05, 4.69) is 5.32 Å². The van der Waals surface area contributed by atoms with Gasteiger partial charge in [-0.25, -0.2) is 0 Å². The van der Waals surface area contributed by atoms with Gasteiger partial charge in [0.2, 0.25) is 5.91 Å². The molecule has 1 aromatic rings. The Labute approximate surface area is 101 Å². The number of hydrogen-bond acceptors (Lipinski definition) is 2. The highest BCUT2D eigenvalue weighted by molar-refractivity contribution is 6.31. The molecule has 0 fully saturated rings. The minimum atomic E-state index is -0.711. The van der Waals surface area contributed by atoms with Gasteiger partial charge in [0.15, 0.2) is 0 Å². The van der Waals surface area contributed by atoms with Crippen LogP contribution in [0.4, 0.5) is 0 Å². The lowest BCUT2D eigenvalue weighted by molar-refractivity contribution is -0.123. The lowest BCUT2D eigenvalue weighted by Crippen LogP contribution is -2.50. The number of halogens is 1. The third kappa shape index (κ3) is 3.22. The number of rotatable bonds is 4. The molecule has 1 aromatic carbocycles. The second-order valence-electron chi connectivity index (χ2n) is 4.43. The molecule has 0 saturated carbocycles. The Morgan fingerprint density at radius 1 is 1.50 bits per heavy atom. The number of amides is 1. The number of hydrogen-bond donors (Lipinski definition) is 2. The summed E-state index contributed by atoms with van der Waals surface area (Å²) >= 11 is 6.01. The molecule has 4 heteroatoms. The lowest BCUT2D eigenvalue weighted by atomic mass is 10.0. The minimum absolute atomic E-state index is 0.370. The van der Waals surface area contributed by atoms with Gasteiger partial charge in [-0.1, -0.05) is 23.7 Å². The quantitative estimate of drug-likeness (QED) is 0.846. The number of carbonyl (C=O) groups excluding carboxylic acids is 1. The SMILES string of the molecule is Cc1ccc(CNC(C)(C)C(N)=O)cc1Cl. The molecule has 1 rings (SSSR count). The van der Waals surface area contributed by atoms with Crippen LogP contribution in [-0.2, 0) is 11.3 Å². The normalized spacial score (nSPS) is 11.5. The second-order valence-corrected chi connectivity index (χ2v) is 4.83. The van der Waals surface area contributed by atoms with Gasteiger partial charge in [-0.3, -0.25) is 10.1 Å². The molecule has 0 unspecified atom stereocenters. The van der Waals surface area contributed by atoms with Crippen molar-refractivity contribution in [3.8, 4) is 0 Å². The summed E-state index contributed by atoms with van der Waals surface area (Å²) in [4.78, 5) is 11.1. The molecule has 0 spiro atoms. The Bertz CT molecular complexity index is 402. The third-order valence-corrected chi connectivity index (χ3v) is 2.99. The van der Waals surface area contributed by atoms with E-state index in [1.54, 1.807) is 13.8 Å². The highest BCUT2D eigenvalue weighted by Gasteiger charge is 2.23. The molecule has 16 heavy (non-hydrogen) atoms. The van der Waals surface area contributed by atoms with Gasteiger partial charge in [0.25, 0.3) is 0 Å². The zero-order valence-corrected chi connectivity index (χ0v) is 10.6. The van der Waals surface area contributed by atoms with Gasteiger partial charge < -0.3 is 5.73 Å². The van der Waals surface area contributed by atoms with Crippen LogP contribution in [0.1, 0.15) is 25.0 Å². The van der Waals surface area contributed by atoms with E-state index in [1.807, 2.05) is 25.1 Å². The summed E-state index contributed by atoms with van der Waals surface area (Å²) in [5, 5.41) is 3.82. The minimum Gasteiger partial charge on any atom is -0.368 e. The standard InChI is InChI=1S/C12H17ClN2O/c1-8-4-5-9(6-10(8)13)7-15-12(2,3)11(14)16/h4-6,15H,7H2,1-3H3,(H2,14,16). The topological polar surface area (TPSA) is 55.1 Å². The Hall–Kier alpha value is -1.06. The van der Waals surface area contributed by atoms with Gasteiger partial charge in [-0.2, -0.15) is 0 Å². The van der Waals surface area contributed by atoms with E-state index in [0.29, 0.717) is 6.54 Å². The fraction of sp³-hybridized carbons (Fsp3) is 0.417. The Balaban J connectivity index is 2.68. The third-order valence-electron chi connectivity index (χ3n) is 2.59. The predicted molar refractivity (Wildman–Crippen MR) is 66.3 cm³/mol.